The summed E-state index contributed by atoms with van der Waals surface area (Å²) >= 11 is 0. The van der Waals surface area contributed by atoms with E-state index in [0.717, 1.165) is 0 Å². The number of ether oxygens (including phenoxy) is 4. The van der Waals surface area contributed by atoms with Crippen LogP contribution in [0.5, 0.6) is 0 Å². The fourth-order valence-corrected chi connectivity index (χ4v) is 3.91. The Balaban J connectivity index is 3.29. The van der Waals surface area contributed by atoms with E-state index in [2.05, 4.69) is 33.9 Å². The lowest BCUT2D eigenvalue weighted by Gasteiger charge is -2.48. The van der Waals surface area contributed by atoms with Crippen LogP contribution in [0.15, 0.2) is 0 Å². The third kappa shape index (κ3) is 6.29. The van der Waals surface area contributed by atoms with Crippen molar-refractivity contribution < 1.29 is 37.8 Å². The van der Waals surface area contributed by atoms with Crippen LogP contribution >= 0.6 is 0 Å². The molecule has 1 saturated heterocycles. The Morgan fingerprint density at radius 3 is 1.67 bits per heavy atom. The minimum Gasteiger partial charge on any atom is -0.455 e. The molecule has 0 spiro atoms. The highest BCUT2D eigenvalue weighted by Crippen LogP contribution is 2.40. The van der Waals surface area contributed by atoms with Crippen molar-refractivity contribution in [3.05, 3.63) is 0 Å². The SMILES string of the molecule is CC(=O)OC1O[C@H](C)[C@@H](O[Si](C)(C)C(C)(C)C)[C@H](OC(C)=O)[C@@H]1OC(C)=O. The molecule has 0 radical (unpaired) electrons. The molecule has 0 aromatic carbocycles. The molecule has 1 aliphatic rings. The first-order chi connectivity index (χ1) is 12.2. The Hall–Kier alpha value is -1.45. The fraction of sp³-hybridized carbons (Fsp3) is 0.833. The summed E-state index contributed by atoms with van der Waals surface area (Å²) in [6.45, 7) is 15.8. The average molecular weight is 405 g/mol. The van der Waals surface area contributed by atoms with Gasteiger partial charge in [0, 0.05) is 20.8 Å². The summed E-state index contributed by atoms with van der Waals surface area (Å²) in [6.07, 6.45) is -4.51. The predicted molar refractivity (Wildman–Crippen MR) is 99.3 cm³/mol. The van der Waals surface area contributed by atoms with Gasteiger partial charge in [-0.25, -0.2) is 0 Å². The van der Waals surface area contributed by atoms with Crippen LogP contribution in [0.3, 0.4) is 0 Å². The van der Waals surface area contributed by atoms with Crippen LogP contribution in [0, 0.1) is 0 Å². The Labute approximate surface area is 161 Å². The molecule has 0 aromatic rings. The molecule has 1 unspecified atom stereocenters. The van der Waals surface area contributed by atoms with E-state index in [0.29, 0.717) is 0 Å². The van der Waals surface area contributed by atoms with Gasteiger partial charge in [0.05, 0.1) is 6.10 Å². The van der Waals surface area contributed by atoms with E-state index >= 15 is 0 Å². The zero-order valence-electron chi connectivity index (χ0n) is 17.7. The Bertz CT molecular complexity index is 568. The highest BCUT2D eigenvalue weighted by Gasteiger charge is 2.53. The molecule has 0 aliphatic carbocycles. The molecular weight excluding hydrogens is 372 g/mol. The largest absolute Gasteiger partial charge is 0.455 e. The van der Waals surface area contributed by atoms with Crippen LogP contribution < -0.4 is 0 Å². The summed E-state index contributed by atoms with van der Waals surface area (Å²) < 4.78 is 28.2. The average Bonchev–Trinajstić information content (AvgIpc) is 2.44. The minimum absolute atomic E-state index is 0.100. The zero-order valence-corrected chi connectivity index (χ0v) is 18.7. The van der Waals surface area contributed by atoms with Crippen molar-refractivity contribution in [1.29, 1.82) is 0 Å². The first-order valence-corrected chi connectivity index (χ1v) is 11.9. The summed E-state index contributed by atoms with van der Waals surface area (Å²) in [5, 5.41) is -0.100. The van der Waals surface area contributed by atoms with E-state index in [-0.39, 0.29) is 5.04 Å². The van der Waals surface area contributed by atoms with Crippen molar-refractivity contribution in [2.24, 2.45) is 0 Å². The van der Waals surface area contributed by atoms with Crippen LogP contribution in [0.2, 0.25) is 18.1 Å². The molecule has 1 rings (SSSR count). The van der Waals surface area contributed by atoms with Crippen molar-refractivity contribution in [3.63, 3.8) is 0 Å². The third-order valence-corrected chi connectivity index (χ3v) is 9.32. The smallest absolute Gasteiger partial charge is 0.305 e. The van der Waals surface area contributed by atoms with Crippen molar-refractivity contribution in [3.8, 4) is 0 Å². The van der Waals surface area contributed by atoms with E-state index in [1.165, 1.54) is 20.8 Å². The lowest BCUT2D eigenvalue weighted by atomic mass is 9.99. The molecule has 5 atom stereocenters. The highest BCUT2D eigenvalue weighted by molar-refractivity contribution is 6.74. The van der Waals surface area contributed by atoms with Gasteiger partial charge in [-0.2, -0.15) is 0 Å². The molecule has 0 aromatic heterocycles. The molecule has 1 aliphatic heterocycles. The first-order valence-electron chi connectivity index (χ1n) is 9.00. The molecule has 8 nitrogen and oxygen atoms in total. The summed E-state index contributed by atoms with van der Waals surface area (Å²) in [5.41, 5.74) is 0. The maximum Gasteiger partial charge on any atom is 0.305 e. The van der Waals surface area contributed by atoms with Gasteiger partial charge in [-0.3, -0.25) is 14.4 Å². The van der Waals surface area contributed by atoms with E-state index in [4.69, 9.17) is 23.4 Å². The lowest BCUT2D eigenvalue weighted by molar-refractivity contribution is -0.288. The minimum atomic E-state index is -2.27. The molecule has 9 heteroatoms. The van der Waals surface area contributed by atoms with Crippen LogP contribution in [-0.4, -0.2) is 56.9 Å². The quantitative estimate of drug-likeness (QED) is 0.392. The van der Waals surface area contributed by atoms with Gasteiger partial charge in [0.1, 0.15) is 6.10 Å². The number of carbonyl (C=O) groups excluding carboxylic acids is 3. The number of esters is 3. The summed E-state index contributed by atoms with van der Waals surface area (Å²) in [5.74, 6) is -1.77. The highest BCUT2D eigenvalue weighted by atomic mass is 28.4. The van der Waals surface area contributed by atoms with Crippen molar-refractivity contribution >= 4 is 26.2 Å². The predicted octanol–water partition coefficient (Wildman–Crippen LogP) is 2.55. The number of carbonyl (C=O) groups is 3. The second-order valence-corrected chi connectivity index (χ2v) is 13.1. The van der Waals surface area contributed by atoms with Gasteiger partial charge in [-0.05, 0) is 25.1 Å². The van der Waals surface area contributed by atoms with Crippen molar-refractivity contribution in [2.45, 2.75) is 97.3 Å². The maximum atomic E-state index is 11.7. The van der Waals surface area contributed by atoms with Gasteiger partial charge in [-0.1, -0.05) is 20.8 Å². The van der Waals surface area contributed by atoms with E-state index < -0.39 is 56.9 Å². The summed E-state index contributed by atoms with van der Waals surface area (Å²) in [4.78, 5) is 34.8. The Kier molecular flexibility index (Phi) is 7.60. The molecule has 0 amide bonds. The number of hydrogen-bond donors (Lipinski definition) is 0. The second kappa shape index (κ2) is 8.70. The van der Waals surface area contributed by atoms with Crippen molar-refractivity contribution in [1.82, 2.24) is 0 Å². The lowest BCUT2D eigenvalue weighted by Crippen LogP contribution is -2.63. The van der Waals surface area contributed by atoms with Gasteiger partial charge in [0.2, 0.25) is 12.4 Å². The molecule has 156 valence electrons. The van der Waals surface area contributed by atoms with Gasteiger partial charge in [0.25, 0.3) is 0 Å². The molecule has 1 fully saturated rings. The second-order valence-electron chi connectivity index (χ2n) is 8.31. The van der Waals surface area contributed by atoms with Crippen molar-refractivity contribution in [2.75, 3.05) is 0 Å². The maximum absolute atomic E-state index is 11.7. The Morgan fingerprint density at radius 2 is 1.26 bits per heavy atom. The molecular formula is C18H32O8Si. The summed E-state index contributed by atoms with van der Waals surface area (Å²) in [6, 6.07) is 0. The molecule has 0 saturated carbocycles. The van der Waals surface area contributed by atoms with E-state index in [1.807, 2.05) is 0 Å². The summed E-state index contributed by atoms with van der Waals surface area (Å²) in [7, 11) is -2.27. The molecule has 0 bridgehead atoms. The molecule has 27 heavy (non-hydrogen) atoms. The van der Waals surface area contributed by atoms with Gasteiger partial charge in [-0.15, -0.1) is 0 Å². The van der Waals surface area contributed by atoms with E-state index in [1.54, 1.807) is 6.92 Å². The van der Waals surface area contributed by atoms with Gasteiger partial charge >= 0.3 is 17.9 Å². The molecule has 0 N–H and O–H groups in total. The number of hydrogen-bond acceptors (Lipinski definition) is 8. The topological polar surface area (TPSA) is 97.4 Å². The van der Waals surface area contributed by atoms with Crippen LogP contribution in [0.4, 0.5) is 0 Å². The van der Waals surface area contributed by atoms with Crippen LogP contribution in [-0.2, 0) is 37.8 Å². The molecule has 1 heterocycles. The monoisotopic (exact) mass is 404 g/mol. The Morgan fingerprint density at radius 1 is 0.815 bits per heavy atom. The van der Waals surface area contributed by atoms with Crippen LogP contribution in [0.25, 0.3) is 0 Å². The van der Waals surface area contributed by atoms with Gasteiger partial charge < -0.3 is 23.4 Å². The first kappa shape index (κ1) is 23.6. The van der Waals surface area contributed by atoms with E-state index in [9.17, 15) is 14.4 Å². The third-order valence-electron chi connectivity index (χ3n) is 4.85. The normalized spacial score (nSPS) is 29.0. The standard InChI is InChI=1S/C18H32O8Si/c1-10-14(26-27(8,9)18(5,6)7)15(23-11(2)19)16(24-12(3)20)17(22-10)25-13(4)21/h10,14-17H,1-9H3/t10-,14-,15+,16+,17?/m1/s1. The fourth-order valence-electron chi connectivity index (χ4n) is 2.55. The van der Waals surface area contributed by atoms with Gasteiger partial charge in [0.15, 0.2) is 14.4 Å². The van der Waals surface area contributed by atoms with Crippen LogP contribution in [0.1, 0.15) is 48.5 Å². The zero-order chi connectivity index (χ0) is 21.2. The number of rotatable bonds is 5.